The number of aromatic carboxylic acids is 1. The van der Waals surface area contributed by atoms with Gasteiger partial charge < -0.3 is 14.9 Å². The SMILES string of the molecule is CC(=O)NCn1cc(-c2ccc(-c3ccc(F)c(C(=O)O)c3)cc2)c(=O)o1. The van der Waals surface area contributed by atoms with Gasteiger partial charge in [0.1, 0.15) is 12.5 Å². The van der Waals surface area contributed by atoms with Gasteiger partial charge in [0.2, 0.25) is 5.91 Å². The molecule has 0 spiro atoms. The topological polar surface area (TPSA) is 102 Å². The van der Waals surface area contributed by atoms with Gasteiger partial charge in [-0.15, -0.1) is 0 Å². The predicted molar refractivity (Wildman–Crippen MR) is 94.6 cm³/mol. The van der Waals surface area contributed by atoms with Gasteiger partial charge in [-0.1, -0.05) is 30.3 Å². The fraction of sp³-hybridized carbons (Fsp3) is 0.105. The van der Waals surface area contributed by atoms with Crippen molar-refractivity contribution in [2.24, 2.45) is 0 Å². The summed E-state index contributed by atoms with van der Waals surface area (Å²) in [6.07, 6.45) is 1.48. The molecule has 0 aliphatic rings. The van der Waals surface area contributed by atoms with Gasteiger partial charge in [-0.05, 0) is 28.8 Å². The summed E-state index contributed by atoms with van der Waals surface area (Å²) >= 11 is 0. The van der Waals surface area contributed by atoms with Crippen LogP contribution in [0.15, 0.2) is 58.0 Å². The fourth-order valence-electron chi connectivity index (χ4n) is 2.55. The molecule has 138 valence electrons. The Labute approximate surface area is 152 Å². The number of rotatable bonds is 5. The van der Waals surface area contributed by atoms with Crippen LogP contribution in [-0.4, -0.2) is 21.7 Å². The normalized spacial score (nSPS) is 10.6. The molecule has 0 aliphatic heterocycles. The number of halogens is 1. The monoisotopic (exact) mass is 370 g/mol. The lowest BCUT2D eigenvalue weighted by Crippen LogP contribution is -2.22. The second kappa shape index (κ2) is 7.28. The van der Waals surface area contributed by atoms with E-state index in [1.807, 2.05) is 0 Å². The number of carbonyl (C=O) groups is 2. The van der Waals surface area contributed by atoms with E-state index in [2.05, 4.69) is 5.32 Å². The molecular formula is C19H15FN2O5. The second-order valence-electron chi connectivity index (χ2n) is 5.81. The molecule has 0 atom stereocenters. The molecule has 0 unspecified atom stereocenters. The maximum Gasteiger partial charge on any atom is 0.365 e. The first-order chi connectivity index (χ1) is 12.8. The second-order valence-corrected chi connectivity index (χ2v) is 5.81. The van der Waals surface area contributed by atoms with E-state index in [4.69, 9.17) is 9.63 Å². The molecule has 0 fully saturated rings. The Morgan fingerprint density at radius 2 is 1.74 bits per heavy atom. The molecule has 0 saturated carbocycles. The standard InChI is InChI=1S/C19H15FN2O5/c1-11(23)21-10-22-9-16(19(26)27-22)13-4-2-12(3-5-13)14-6-7-17(20)15(8-14)18(24)25/h2-9H,10H2,1H3,(H,21,23)(H,24,25). The molecule has 1 heterocycles. The van der Waals surface area contributed by atoms with Crippen LogP contribution in [0, 0.1) is 5.82 Å². The van der Waals surface area contributed by atoms with Crippen molar-refractivity contribution in [1.82, 2.24) is 10.1 Å². The van der Waals surface area contributed by atoms with Gasteiger partial charge in [0, 0.05) is 6.92 Å². The molecule has 8 heteroatoms. The molecule has 0 bridgehead atoms. The van der Waals surface area contributed by atoms with E-state index in [1.165, 1.54) is 30.0 Å². The number of hydrogen-bond donors (Lipinski definition) is 2. The van der Waals surface area contributed by atoms with Gasteiger partial charge in [-0.2, -0.15) is 4.74 Å². The quantitative estimate of drug-likeness (QED) is 0.719. The Bertz CT molecular complexity index is 1070. The van der Waals surface area contributed by atoms with E-state index in [9.17, 15) is 18.8 Å². The van der Waals surface area contributed by atoms with Crippen molar-refractivity contribution in [3.8, 4) is 22.3 Å². The first-order valence-electron chi connectivity index (χ1n) is 7.94. The zero-order valence-electron chi connectivity index (χ0n) is 14.2. The number of benzene rings is 2. The Morgan fingerprint density at radius 3 is 2.37 bits per heavy atom. The minimum atomic E-state index is -1.34. The van der Waals surface area contributed by atoms with E-state index < -0.39 is 23.0 Å². The van der Waals surface area contributed by atoms with Crippen LogP contribution in [-0.2, 0) is 11.5 Å². The number of nitrogens with zero attached hydrogens (tertiary/aromatic N) is 1. The summed E-state index contributed by atoms with van der Waals surface area (Å²) in [5.41, 5.74) is 1.15. The Balaban J connectivity index is 1.88. The van der Waals surface area contributed by atoms with Crippen molar-refractivity contribution >= 4 is 11.9 Å². The highest BCUT2D eigenvalue weighted by Gasteiger charge is 2.13. The number of carboxylic acids is 1. The Morgan fingerprint density at radius 1 is 1.11 bits per heavy atom. The predicted octanol–water partition coefficient (Wildman–Crippen LogP) is 2.71. The highest BCUT2D eigenvalue weighted by Crippen LogP contribution is 2.25. The van der Waals surface area contributed by atoms with E-state index in [-0.39, 0.29) is 12.6 Å². The molecule has 0 aliphatic carbocycles. The van der Waals surface area contributed by atoms with Crippen molar-refractivity contribution < 1.29 is 23.6 Å². The van der Waals surface area contributed by atoms with Crippen LogP contribution in [0.2, 0.25) is 0 Å². The molecular weight excluding hydrogens is 355 g/mol. The van der Waals surface area contributed by atoms with E-state index >= 15 is 0 Å². The van der Waals surface area contributed by atoms with E-state index in [0.29, 0.717) is 22.3 Å². The lowest BCUT2D eigenvalue weighted by Gasteiger charge is -2.05. The van der Waals surface area contributed by atoms with Crippen molar-refractivity contribution in [3.63, 3.8) is 0 Å². The summed E-state index contributed by atoms with van der Waals surface area (Å²) in [5, 5.41) is 11.5. The summed E-state index contributed by atoms with van der Waals surface area (Å²) < 4.78 is 19.8. The molecule has 0 radical (unpaired) electrons. The molecule has 2 aromatic carbocycles. The molecule has 3 rings (SSSR count). The number of amides is 1. The number of nitrogens with one attached hydrogen (secondary N) is 1. The summed E-state index contributed by atoms with van der Waals surface area (Å²) in [4.78, 5) is 34.0. The number of hydrogen-bond acceptors (Lipinski definition) is 4. The molecule has 3 aromatic rings. The van der Waals surface area contributed by atoms with Crippen molar-refractivity contribution in [1.29, 1.82) is 0 Å². The van der Waals surface area contributed by atoms with Crippen LogP contribution < -0.4 is 10.9 Å². The molecule has 27 heavy (non-hydrogen) atoms. The summed E-state index contributed by atoms with van der Waals surface area (Å²) in [6.45, 7) is 1.39. The van der Waals surface area contributed by atoms with E-state index in [0.717, 1.165) is 6.07 Å². The minimum Gasteiger partial charge on any atom is -0.478 e. The van der Waals surface area contributed by atoms with E-state index in [1.54, 1.807) is 24.3 Å². The number of aromatic nitrogens is 1. The van der Waals surface area contributed by atoms with Crippen molar-refractivity contribution in [2.75, 3.05) is 0 Å². The first kappa shape index (κ1) is 18.1. The van der Waals surface area contributed by atoms with Gasteiger partial charge in [-0.3, -0.25) is 4.79 Å². The maximum atomic E-state index is 13.5. The van der Waals surface area contributed by atoms with Crippen LogP contribution in [0.25, 0.3) is 22.3 Å². The lowest BCUT2D eigenvalue weighted by molar-refractivity contribution is -0.119. The third-order valence-corrected chi connectivity index (χ3v) is 3.90. The number of carboxylic acid groups (broad SMARTS) is 1. The smallest absolute Gasteiger partial charge is 0.365 e. The first-order valence-corrected chi connectivity index (χ1v) is 7.94. The third kappa shape index (κ3) is 3.95. The van der Waals surface area contributed by atoms with Gasteiger partial charge in [0.25, 0.3) is 0 Å². The minimum absolute atomic E-state index is 0.0379. The highest BCUT2D eigenvalue weighted by molar-refractivity contribution is 5.89. The van der Waals surface area contributed by atoms with Crippen LogP contribution in [0.3, 0.4) is 0 Å². The summed E-state index contributed by atoms with van der Waals surface area (Å²) in [6, 6.07) is 10.6. The Kier molecular flexibility index (Phi) is 4.89. The molecule has 0 saturated heterocycles. The zero-order valence-corrected chi connectivity index (χ0v) is 14.2. The van der Waals surface area contributed by atoms with Gasteiger partial charge >= 0.3 is 11.6 Å². The molecule has 2 N–H and O–H groups in total. The largest absolute Gasteiger partial charge is 0.478 e. The molecule has 7 nitrogen and oxygen atoms in total. The fourth-order valence-corrected chi connectivity index (χ4v) is 2.55. The third-order valence-electron chi connectivity index (χ3n) is 3.90. The van der Waals surface area contributed by atoms with Gasteiger partial charge in [0.05, 0.1) is 17.3 Å². The van der Waals surface area contributed by atoms with Crippen molar-refractivity contribution in [3.05, 3.63) is 70.5 Å². The average molecular weight is 370 g/mol. The van der Waals surface area contributed by atoms with Crippen LogP contribution in [0.1, 0.15) is 17.3 Å². The van der Waals surface area contributed by atoms with Crippen LogP contribution in [0.5, 0.6) is 0 Å². The summed E-state index contributed by atoms with van der Waals surface area (Å²) in [5.74, 6) is -2.40. The van der Waals surface area contributed by atoms with Crippen LogP contribution in [0.4, 0.5) is 4.39 Å². The average Bonchev–Trinajstić information content (AvgIpc) is 3.01. The zero-order chi connectivity index (χ0) is 19.6. The highest BCUT2D eigenvalue weighted by atomic mass is 19.1. The summed E-state index contributed by atoms with van der Waals surface area (Å²) in [7, 11) is 0. The Hall–Kier alpha value is -3.68. The van der Waals surface area contributed by atoms with Gasteiger partial charge in [-0.25, -0.2) is 14.0 Å². The lowest BCUT2D eigenvalue weighted by atomic mass is 10.00. The van der Waals surface area contributed by atoms with Crippen LogP contribution >= 0.6 is 0 Å². The molecule has 1 amide bonds. The maximum absolute atomic E-state index is 13.5. The van der Waals surface area contributed by atoms with Gasteiger partial charge in [0.15, 0.2) is 0 Å². The molecule has 1 aromatic heterocycles. The van der Waals surface area contributed by atoms with Crippen molar-refractivity contribution in [2.45, 2.75) is 13.6 Å². The number of carbonyl (C=O) groups excluding carboxylic acids is 1.